The third-order valence-corrected chi connectivity index (χ3v) is 5.14. The Hall–Kier alpha value is -3.19. The number of aromatic nitrogens is 1. The van der Waals surface area contributed by atoms with Crippen LogP contribution in [0.15, 0.2) is 47.8 Å². The molecule has 0 radical (unpaired) electrons. The fourth-order valence-electron chi connectivity index (χ4n) is 2.65. The lowest BCUT2D eigenvalue weighted by atomic mass is 10.1. The molecule has 0 bridgehead atoms. The van der Waals surface area contributed by atoms with E-state index < -0.39 is 5.97 Å². The van der Waals surface area contributed by atoms with Crippen molar-refractivity contribution in [2.75, 3.05) is 12.4 Å². The maximum atomic E-state index is 12.2. The second kappa shape index (κ2) is 9.34. The molecule has 1 heterocycles. The SMILES string of the molecule is COc1cc(C(=O)OCc2csc(CC(=O)Nc3ccc(C)cc3)n2)ccc1C. The van der Waals surface area contributed by atoms with Crippen molar-refractivity contribution in [1.29, 1.82) is 0 Å². The zero-order valence-electron chi connectivity index (χ0n) is 16.5. The Morgan fingerprint density at radius 3 is 2.59 bits per heavy atom. The van der Waals surface area contributed by atoms with E-state index >= 15 is 0 Å². The zero-order chi connectivity index (χ0) is 20.8. The quantitative estimate of drug-likeness (QED) is 0.588. The van der Waals surface area contributed by atoms with Crippen LogP contribution in [0.25, 0.3) is 0 Å². The Morgan fingerprint density at radius 1 is 1.10 bits per heavy atom. The summed E-state index contributed by atoms with van der Waals surface area (Å²) < 4.78 is 10.6. The van der Waals surface area contributed by atoms with E-state index in [4.69, 9.17) is 9.47 Å². The number of nitrogens with one attached hydrogen (secondary N) is 1. The van der Waals surface area contributed by atoms with E-state index in [0.29, 0.717) is 22.0 Å². The number of methoxy groups -OCH3 is 1. The highest BCUT2D eigenvalue weighted by molar-refractivity contribution is 7.09. The number of hydrogen-bond acceptors (Lipinski definition) is 6. The summed E-state index contributed by atoms with van der Waals surface area (Å²) in [6.07, 6.45) is 0.168. The number of anilines is 1. The molecule has 0 aliphatic rings. The molecular formula is C22H22N2O4S. The van der Waals surface area contributed by atoms with Gasteiger partial charge in [-0.1, -0.05) is 23.8 Å². The van der Waals surface area contributed by atoms with Crippen molar-refractivity contribution in [1.82, 2.24) is 4.98 Å². The molecule has 1 amide bonds. The van der Waals surface area contributed by atoms with Crippen molar-refractivity contribution in [2.24, 2.45) is 0 Å². The predicted octanol–water partition coefficient (Wildman–Crippen LogP) is 4.31. The second-order valence-electron chi connectivity index (χ2n) is 6.58. The van der Waals surface area contributed by atoms with Gasteiger partial charge in [0.2, 0.25) is 5.91 Å². The number of hydrogen-bond donors (Lipinski definition) is 1. The van der Waals surface area contributed by atoms with E-state index in [2.05, 4.69) is 10.3 Å². The van der Waals surface area contributed by atoms with Gasteiger partial charge in [0.05, 0.1) is 24.8 Å². The molecule has 0 saturated carbocycles. The van der Waals surface area contributed by atoms with Gasteiger partial charge < -0.3 is 14.8 Å². The summed E-state index contributed by atoms with van der Waals surface area (Å²) >= 11 is 1.36. The van der Waals surface area contributed by atoms with E-state index in [9.17, 15) is 9.59 Å². The Balaban J connectivity index is 1.52. The number of benzene rings is 2. The van der Waals surface area contributed by atoms with Crippen LogP contribution in [-0.2, 0) is 22.6 Å². The maximum absolute atomic E-state index is 12.2. The molecule has 1 aromatic heterocycles. The minimum absolute atomic E-state index is 0.0467. The number of carbonyl (C=O) groups excluding carboxylic acids is 2. The van der Waals surface area contributed by atoms with Crippen LogP contribution in [-0.4, -0.2) is 24.0 Å². The molecule has 6 nitrogen and oxygen atoms in total. The average molecular weight is 410 g/mol. The smallest absolute Gasteiger partial charge is 0.338 e. The Morgan fingerprint density at radius 2 is 1.86 bits per heavy atom. The van der Waals surface area contributed by atoms with Gasteiger partial charge in [-0.15, -0.1) is 11.3 Å². The van der Waals surface area contributed by atoms with Gasteiger partial charge in [-0.3, -0.25) is 4.79 Å². The number of carbonyl (C=O) groups is 2. The number of ether oxygens (including phenoxy) is 2. The lowest BCUT2D eigenvalue weighted by Gasteiger charge is -2.07. The minimum atomic E-state index is -0.449. The van der Waals surface area contributed by atoms with Crippen LogP contribution in [0.4, 0.5) is 5.69 Å². The molecular weight excluding hydrogens is 388 g/mol. The maximum Gasteiger partial charge on any atom is 0.338 e. The molecule has 0 aliphatic heterocycles. The van der Waals surface area contributed by atoms with Gasteiger partial charge in [-0.05, 0) is 43.7 Å². The van der Waals surface area contributed by atoms with Gasteiger partial charge >= 0.3 is 5.97 Å². The molecule has 29 heavy (non-hydrogen) atoms. The van der Waals surface area contributed by atoms with Crippen LogP contribution < -0.4 is 10.1 Å². The largest absolute Gasteiger partial charge is 0.496 e. The summed E-state index contributed by atoms with van der Waals surface area (Å²) in [6.45, 7) is 3.94. The second-order valence-corrected chi connectivity index (χ2v) is 7.53. The number of aryl methyl sites for hydroxylation is 2. The molecule has 1 N–H and O–H groups in total. The molecule has 0 unspecified atom stereocenters. The van der Waals surface area contributed by atoms with Crippen molar-refractivity contribution in [2.45, 2.75) is 26.9 Å². The lowest BCUT2D eigenvalue weighted by Crippen LogP contribution is -2.14. The summed E-state index contributed by atoms with van der Waals surface area (Å²) in [5.41, 5.74) is 3.85. The van der Waals surface area contributed by atoms with E-state index in [1.165, 1.54) is 11.3 Å². The van der Waals surface area contributed by atoms with Crippen LogP contribution in [0.1, 0.15) is 32.2 Å². The molecule has 3 rings (SSSR count). The van der Waals surface area contributed by atoms with Crippen molar-refractivity contribution in [3.05, 3.63) is 75.2 Å². The average Bonchev–Trinajstić information content (AvgIpc) is 3.15. The molecule has 0 saturated heterocycles. The molecule has 0 aliphatic carbocycles. The molecule has 3 aromatic rings. The van der Waals surface area contributed by atoms with E-state index in [0.717, 1.165) is 16.8 Å². The van der Waals surface area contributed by atoms with Crippen molar-refractivity contribution >= 4 is 28.9 Å². The number of esters is 1. The van der Waals surface area contributed by atoms with Crippen LogP contribution in [0, 0.1) is 13.8 Å². The minimum Gasteiger partial charge on any atom is -0.496 e. The van der Waals surface area contributed by atoms with Crippen molar-refractivity contribution in [3.8, 4) is 5.75 Å². The third kappa shape index (κ3) is 5.65. The first-order valence-corrected chi connectivity index (χ1v) is 9.94. The summed E-state index contributed by atoms with van der Waals surface area (Å²) in [5.74, 6) is 0.0449. The first-order valence-electron chi connectivity index (χ1n) is 9.06. The van der Waals surface area contributed by atoms with Crippen LogP contribution >= 0.6 is 11.3 Å². The number of amides is 1. The van der Waals surface area contributed by atoms with Gasteiger partial charge in [0.25, 0.3) is 0 Å². The first kappa shape index (κ1) is 20.5. The van der Waals surface area contributed by atoms with Gasteiger partial charge in [0, 0.05) is 11.1 Å². The zero-order valence-corrected chi connectivity index (χ0v) is 17.3. The highest BCUT2D eigenvalue weighted by atomic mass is 32.1. The standard InChI is InChI=1S/C22H22N2O4S/c1-14-4-8-17(9-5-14)23-20(25)11-21-24-18(13-29-21)12-28-22(26)16-7-6-15(2)19(10-16)27-3/h4-10,13H,11-12H2,1-3H3,(H,23,25). The Bertz CT molecular complexity index is 1010. The van der Waals surface area contributed by atoms with E-state index in [1.54, 1.807) is 24.6 Å². The molecule has 0 spiro atoms. The highest BCUT2D eigenvalue weighted by Gasteiger charge is 2.13. The van der Waals surface area contributed by atoms with Crippen LogP contribution in [0.3, 0.4) is 0 Å². The summed E-state index contributed by atoms with van der Waals surface area (Å²) in [7, 11) is 1.56. The fourth-order valence-corrected chi connectivity index (χ4v) is 3.42. The summed E-state index contributed by atoms with van der Waals surface area (Å²) in [4.78, 5) is 28.8. The lowest BCUT2D eigenvalue weighted by molar-refractivity contribution is -0.115. The molecule has 0 fully saturated rings. The fraction of sp³-hybridized carbons (Fsp3) is 0.227. The van der Waals surface area contributed by atoms with Crippen molar-refractivity contribution < 1.29 is 19.1 Å². The van der Waals surface area contributed by atoms with Gasteiger partial charge in [0.15, 0.2) is 0 Å². The van der Waals surface area contributed by atoms with Crippen molar-refractivity contribution in [3.63, 3.8) is 0 Å². The molecule has 7 heteroatoms. The van der Waals surface area contributed by atoms with Gasteiger partial charge in [-0.25, -0.2) is 9.78 Å². The van der Waals surface area contributed by atoms with E-state index in [-0.39, 0.29) is 18.9 Å². The number of rotatable bonds is 7. The topological polar surface area (TPSA) is 77.5 Å². The molecule has 2 aromatic carbocycles. The highest BCUT2D eigenvalue weighted by Crippen LogP contribution is 2.20. The van der Waals surface area contributed by atoms with E-state index in [1.807, 2.05) is 44.2 Å². The first-order chi connectivity index (χ1) is 13.9. The summed E-state index contributed by atoms with van der Waals surface area (Å²) in [6, 6.07) is 12.8. The molecule has 150 valence electrons. The van der Waals surface area contributed by atoms with Gasteiger partial charge in [-0.2, -0.15) is 0 Å². The van der Waals surface area contributed by atoms with Crippen LogP contribution in [0.2, 0.25) is 0 Å². The monoisotopic (exact) mass is 410 g/mol. The predicted molar refractivity (Wildman–Crippen MR) is 112 cm³/mol. The van der Waals surface area contributed by atoms with Gasteiger partial charge in [0.1, 0.15) is 17.4 Å². The van der Waals surface area contributed by atoms with Crippen LogP contribution in [0.5, 0.6) is 5.75 Å². The normalized spacial score (nSPS) is 10.4. The number of thiazole rings is 1. The molecule has 0 atom stereocenters. The third-order valence-electron chi connectivity index (χ3n) is 4.24. The Labute approximate surface area is 173 Å². The Kier molecular flexibility index (Phi) is 6.61. The summed E-state index contributed by atoms with van der Waals surface area (Å²) in [5, 5.41) is 5.30. The number of nitrogens with zero attached hydrogens (tertiary/aromatic N) is 1.